The molecule has 0 saturated heterocycles. The number of anilines is 1. The van der Waals surface area contributed by atoms with Crippen molar-refractivity contribution in [3.8, 4) is 17.3 Å². The van der Waals surface area contributed by atoms with E-state index in [1.165, 1.54) is 6.33 Å². The van der Waals surface area contributed by atoms with Gasteiger partial charge in [0.15, 0.2) is 0 Å². The standard InChI is InChI=1S/C14H14N6O/c1-16-13-7-12(19-9-20-13)10-3-4-11(18-8-10)14(21)17-6-2-5-15/h3-4,7-9H,2,6H2,1H3,(H,17,21)(H,16,19,20). The van der Waals surface area contributed by atoms with E-state index in [2.05, 4.69) is 25.6 Å². The lowest BCUT2D eigenvalue weighted by Gasteiger charge is -2.05. The minimum absolute atomic E-state index is 0.275. The quantitative estimate of drug-likeness (QED) is 0.799. The summed E-state index contributed by atoms with van der Waals surface area (Å²) in [4.78, 5) is 24.1. The minimum atomic E-state index is -0.296. The Kier molecular flexibility index (Phi) is 4.77. The second-order valence-corrected chi connectivity index (χ2v) is 4.13. The van der Waals surface area contributed by atoms with Gasteiger partial charge in [0.2, 0.25) is 0 Å². The van der Waals surface area contributed by atoms with Gasteiger partial charge >= 0.3 is 0 Å². The Morgan fingerprint density at radius 1 is 1.33 bits per heavy atom. The number of rotatable bonds is 5. The van der Waals surface area contributed by atoms with Gasteiger partial charge in [0.25, 0.3) is 5.91 Å². The molecule has 0 unspecified atom stereocenters. The van der Waals surface area contributed by atoms with E-state index in [0.717, 1.165) is 11.3 Å². The normalized spacial score (nSPS) is 9.71. The van der Waals surface area contributed by atoms with Gasteiger partial charge in [-0.2, -0.15) is 5.26 Å². The molecule has 2 aromatic heterocycles. The zero-order chi connectivity index (χ0) is 15.1. The average Bonchev–Trinajstić information content (AvgIpc) is 2.55. The predicted molar refractivity (Wildman–Crippen MR) is 77.4 cm³/mol. The third-order valence-corrected chi connectivity index (χ3v) is 2.74. The van der Waals surface area contributed by atoms with Crippen molar-refractivity contribution in [2.75, 3.05) is 18.9 Å². The molecule has 2 rings (SSSR count). The molecule has 7 nitrogen and oxygen atoms in total. The number of nitrogens with one attached hydrogen (secondary N) is 2. The van der Waals surface area contributed by atoms with Gasteiger partial charge in [-0.25, -0.2) is 9.97 Å². The highest BCUT2D eigenvalue weighted by molar-refractivity contribution is 5.92. The van der Waals surface area contributed by atoms with Crippen LogP contribution in [0.5, 0.6) is 0 Å². The van der Waals surface area contributed by atoms with E-state index in [1.807, 2.05) is 6.07 Å². The first-order chi connectivity index (χ1) is 10.2. The van der Waals surface area contributed by atoms with Crippen molar-refractivity contribution in [3.63, 3.8) is 0 Å². The summed E-state index contributed by atoms with van der Waals surface area (Å²) in [6.07, 6.45) is 3.32. The van der Waals surface area contributed by atoms with E-state index in [9.17, 15) is 4.79 Å². The summed E-state index contributed by atoms with van der Waals surface area (Å²) in [5.41, 5.74) is 1.82. The molecule has 0 aliphatic heterocycles. The van der Waals surface area contributed by atoms with Gasteiger partial charge in [-0.15, -0.1) is 0 Å². The summed E-state index contributed by atoms with van der Waals surface area (Å²) in [5.74, 6) is 0.411. The van der Waals surface area contributed by atoms with Gasteiger partial charge in [-0.3, -0.25) is 9.78 Å². The van der Waals surface area contributed by atoms with Crippen LogP contribution >= 0.6 is 0 Å². The van der Waals surface area contributed by atoms with Gasteiger partial charge in [-0.1, -0.05) is 0 Å². The van der Waals surface area contributed by atoms with Gasteiger partial charge in [0.1, 0.15) is 17.8 Å². The highest BCUT2D eigenvalue weighted by Crippen LogP contribution is 2.17. The van der Waals surface area contributed by atoms with E-state index in [-0.39, 0.29) is 12.3 Å². The Balaban J connectivity index is 2.11. The Morgan fingerprint density at radius 2 is 2.19 bits per heavy atom. The first-order valence-electron chi connectivity index (χ1n) is 6.36. The van der Waals surface area contributed by atoms with Crippen LogP contribution in [-0.4, -0.2) is 34.5 Å². The van der Waals surface area contributed by atoms with Crippen LogP contribution in [-0.2, 0) is 0 Å². The molecule has 0 atom stereocenters. The fourth-order valence-corrected chi connectivity index (χ4v) is 1.65. The van der Waals surface area contributed by atoms with Crippen molar-refractivity contribution in [1.82, 2.24) is 20.3 Å². The number of aromatic nitrogens is 3. The highest BCUT2D eigenvalue weighted by Gasteiger charge is 2.07. The maximum atomic E-state index is 11.7. The van der Waals surface area contributed by atoms with Crippen molar-refractivity contribution >= 4 is 11.7 Å². The van der Waals surface area contributed by atoms with Crippen molar-refractivity contribution in [1.29, 1.82) is 5.26 Å². The van der Waals surface area contributed by atoms with Crippen molar-refractivity contribution < 1.29 is 4.79 Å². The number of amides is 1. The van der Waals surface area contributed by atoms with Crippen LogP contribution in [0.4, 0.5) is 5.82 Å². The summed E-state index contributed by atoms with van der Waals surface area (Å²) in [6, 6.07) is 7.15. The maximum Gasteiger partial charge on any atom is 0.269 e. The van der Waals surface area contributed by atoms with E-state index < -0.39 is 0 Å². The topological polar surface area (TPSA) is 104 Å². The van der Waals surface area contributed by atoms with E-state index in [0.29, 0.717) is 18.1 Å². The molecule has 0 radical (unpaired) electrons. The van der Waals surface area contributed by atoms with Crippen LogP contribution in [0.2, 0.25) is 0 Å². The monoisotopic (exact) mass is 282 g/mol. The van der Waals surface area contributed by atoms with Gasteiger partial charge in [0.05, 0.1) is 18.2 Å². The van der Waals surface area contributed by atoms with Crippen molar-refractivity contribution in [2.45, 2.75) is 6.42 Å². The SMILES string of the molecule is CNc1cc(-c2ccc(C(=O)NCCC#N)nc2)ncn1. The van der Waals surface area contributed by atoms with Crippen LogP contribution in [0.25, 0.3) is 11.3 Å². The Labute approximate surface area is 122 Å². The van der Waals surface area contributed by atoms with E-state index in [1.54, 1.807) is 31.4 Å². The van der Waals surface area contributed by atoms with Crippen LogP contribution in [0, 0.1) is 11.3 Å². The van der Waals surface area contributed by atoms with E-state index in [4.69, 9.17) is 5.26 Å². The van der Waals surface area contributed by atoms with Crippen molar-refractivity contribution in [2.24, 2.45) is 0 Å². The second-order valence-electron chi connectivity index (χ2n) is 4.13. The average molecular weight is 282 g/mol. The lowest BCUT2D eigenvalue weighted by Crippen LogP contribution is -2.25. The third kappa shape index (κ3) is 3.73. The molecular formula is C14H14N6O. The van der Waals surface area contributed by atoms with Crippen LogP contribution < -0.4 is 10.6 Å². The molecule has 1 amide bonds. The van der Waals surface area contributed by atoms with Crippen LogP contribution in [0.3, 0.4) is 0 Å². The summed E-state index contributed by atoms with van der Waals surface area (Å²) in [5, 5.41) is 14.0. The largest absolute Gasteiger partial charge is 0.373 e. The molecule has 0 saturated carbocycles. The minimum Gasteiger partial charge on any atom is -0.373 e. The van der Waals surface area contributed by atoms with Crippen LogP contribution in [0.1, 0.15) is 16.9 Å². The number of hydrogen-bond acceptors (Lipinski definition) is 6. The molecule has 0 aliphatic carbocycles. The molecule has 2 aromatic rings. The predicted octanol–water partition coefficient (Wildman–Crippen LogP) is 1.22. The molecule has 7 heteroatoms. The van der Waals surface area contributed by atoms with Crippen molar-refractivity contribution in [3.05, 3.63) is 36.4 Å². The molecule has 0 fully saturated rings. The van der Waals surface area contributed by atoms with Gasteiger partial charge in [0, 0.05) is 31.4 Å². The third-order valence-electron chi connectivity index (χ3n) is 2.74. The zero-order valence-corrected chi connectivity index (χ0v) is 11.5. The Hall–Kier alpha value is -3.01. The summed E-state index contributed by atoms with van der Waals surface area (Å²) >= 11 is 0. The maximum absolute atomic E-state index is 11.7. The van der Waals surface area contributed by atoms with Crippen LogP contribution in [0.15, 0.2) is 30.7 Å². The zero-order valence-electron chi connectivity index (χ0n) is 11.5. The number of nitrogens with zero attached hydrogens (tertiary/aromatic N) is 4. The first-order valence-corrected chi connectivity index (χ1v) is 6.36. The molecule has 0 aliphatic rings. The summed E-state index contributed by atoms with van der Waals surface area (Å²) in [6.45, 7) is 0.316. The van der Waals surface area contributed by atoms with Gasteiger partial charge in [-0.05, 0) is 12.1 Å². The molecule has 2 N–H and O–H groups in total. The second kappa shape index (κ2) is 6.96. The summed E-state index contributed by atoms with van der Waals surface area (Å²) in [7, 11) is 1.78. The van der Waals surface area contributed by atoms with Gasteiger partial charge < -0.3 is 10.6 Å². The fourth-order valence-electron chi connectivity index (χ4n) is 1.65. The smallest absolute Gasteiger partial charge is 0.269 e. The molecule has 0 aromatic carbocycles. The summed E-state index contributed by atoms with van der Waals surface area (Å²) < 4.78 is 0. The lowest BCUT2D eigenvalue weighted by molar-refractivity contribution is 0.0949. The van der Waals surface area contributed by atoms with E-state index >= 15 is 0 Å². The Morgan fingerprint density at radius 3 is 2.86 bits per heavy atom. The number of pyridine rings is 1. The molecule has 0 bridgehead atoms. The highest BCUT2D eigenvalue weighted by atomic mass is 16.1. The number of carbonyl (C=O) groups is 1. The molecule has 2 heterocycles. The first kappa shape index (κ1) is 14.4. The molecule has 106 valence electrons. The number of nitriles is 1. The number of carbonyl (C=O) groups excluding carboxylic acids is 1. The fraction of sp³-hybridized carbons (Fsp3) is 0.214. The Bertz CT molecular complexity index is 662. The molecule has 0 spiro atoms. The molecule has 21 heavy (non-hydrogen) atoms. The molecular weight excluding hydrogens is 268 g/mol. The lowest BCUT2D eigenvalue weighted by atomic mass is 10.2. The number of hydrogen-bond donors (Lipinski definition) is 2.